The van der Waals surface area contributed by atoms with E-state index in [0.29, 0.717) is 51.0 Å². The van der Waals surface area contributed by atoms with E-state index in [1.54, 1.807) is 11.1 Å². The van der Waals surface area contributed by atoms with Crippen molar-refractivity contribution in [2.45, 2.75) is 126 Å². The van der Waals surface area contributed by atoms with Gasteiger partial charge in [0.05, 0.1) is 41.9 Å². The molecule has 0 aromatic carbocycles. The number of amides is 2. The van der Waals surface area contributed by atoms with Crippen LogP contribution in [0, 0.1) is 17.8 Å². The average Bonchev–Trinajstić information content (AvgIpc) is 3.55. The van der Waals surface area contributed by atoms with Crippen LogP contribution in [0.4, 0.5) is 9.18 Å². The molecule has 3 saturated carbocycles. The number of ketones is 1. The van der Waals surface area contributed by atoms with Crippen LogP contribution >= 0.6 is 0 Å². The van der Waals surface area contributed by atoms with Gasteiger partial charge in [0.25, 0.3) is 5.91 Å². The number of pyridine rings is 1. The van der Waals surface area contributed by atoms with Crippen LogP contribution in [0.25, 0.3) is 0 Å². The summed E-state index contributed by atoms with van der Waals surface area (Å²) in [5.41, 5.74) is 0.587. The average molecular weight is 693 g/mol. The zero-order valence-corrected chi connectivity index (χ0v) is 29.6. The molecule has 1 aromatic heterocycles. The number of nitrogens with zero attached hydrogens (tertiary/aromatic N) is 4. The van der Waals surface area contributed by atoms with Gasteiger partial charge < -0.3 is 29.9 Å². The van der Waals surface area contributed by atoms with Crippen LogP contribution in [0.3, 0.4) is 0 Å². The summed E-state index contributed by atoms with van der Waals surface area (Å²) >= 11 is 0. The number of alkyl carbamates (subject to hydrolysis) is 1. The molecule has 0 radical (unpaired) electrons. The van der Waals surface area contributed by atoms with Crippen LogP contribution in [0.5, 0.6) is 0 Å². The van der Waals surface area contributed by atoms with Crippen molar-refractivity contribution in [3.8, 4) is 0 Å². The van der Waals surface area contributed by atoms with Crippen molar-refractivity contribution >= 4 is 17.8 Å². The molecule has 2 N–H and O–H groups in total. The number of carbonyl (C=O) groups excluding carboxylic acids is 3. The Balaban J connectivity index is 1.07. The Morgan fingerprint density at radius 3 is 2.62 bits per heavy atom. The van der Waals surface area contributed by atoms with Gasteiger partial charge in [-0.05, 0) is 69.9 Å². The number of aromatic nitrogens is 1. The fraction of sp³-hybridized carbons (Fsp3) is 0.737. The van der Waals surface area contributed by atoms with E-state index in [1.165, 1.54) is 25.7 Å². The van der Waals surface area contributed by atoms with Crippen LogP contribution in [0.15, 0.2) is 36.3 Å². The molecule has 12 heteroatoms. The summed E-state index contributed by atoms with van der Waals surface area (Å²) in [5, 5.41) is 6.48. The lowest BCUT2D eigenvalue weighted by Crippen LogP contribution is -2.73. The number of hydrogen-bond acceptors (Lipinski definition) is 9. The molecule has 7 aliphatic rings. The molecule has 2 amide bonds. The quantitative estimate of drug-likeness (QED) is 0.456. The molecule has 11 atom stereocenters. The van der Waals surface area contributed by atoms with Gasteiger partial charge in [-0.1, -0.05) is 31.7 Å². The summed E-state index contributed by atoms with van der Waals surface area (Å²) in [6, 6.07) is 2.83. The highest BCUT2D eigenvalue weighted by molar-refractivity contribution is 6.20. The summed E-state index contributed by atoms with van der Waals surface area (Å²) < 4.78 is 29.3. The third-order valence-corrected chi connectivity index (χ3v) is 12.6. The van der Waals surface area contributed by atoms with Crippen LogP contribution < -0.4 is 10.6 Å². The second-order valence-electron chi connectivity index (χ2n) is 16.8. The van der Waals surface area contributed by atoms with E-state index in [1.807, 2.05) is 45.3 Å². The topological polar surface area (TPSA) is 116 Å². The number of Topliss-reactive ketones (excluding diaryl/α,β-unsaturated/α-hetero) is 1. The summed E-state index contributed by atoms with van der Waals surface area (Å²) in [7, 11) is 0. The summed E-state index contributed by atoms with van der Waals surface area (Å²) in [5.74, 6) is 0.0295. The number of likely N-dealkylation sites (tertiary alicyclic amines) is 1. The van der Waals surface area contributed by atoms with Crippen molar-refractivity contribution in [1.82, 2.24) is 30.3 Å². The monoisotopic (exact) mass is 692 g/mol. The van der Waals surface area contributed by atoms with E-state index in [4.69, 9.17) is 9.47 Å². The van der Waals surface area contributed by atoms with Crippen LogP contribution in [-0.4, -0.2) is 118 Å². The molecule has 6 fully saturated rings. The van der Waals surface area contributed by atoms with E-state index in [0.717, 1.165) is 18.4 Å². The maximum atomic E-state index is 16.7. The maximum absolute atomic E-state index is 16.7. The molecule has 8 rings (SSSR count). The second-order valence-corrected chi connectivity index (χ2v) is 16.8. The summed E-state index contributed by atoms with van der Waals surface area (Å²) in [6.07, 6.45) is 10.6. The molecule has 3 aliphatic carbocycles. The van der Waals surface area contributed by atoms with Gasteiger partial charge in [-0.2, -0.15) is 0 Å². The van der Waals surface area contributed by atoms with Gasteiger partial charge in [-0.3, -0.25) is 19.5 Å². The third kappa shape index (κ3) is 6.45. The first-order chi connectivity index (χ1) is 24.0. The Morgan fingerprint density at radius 2 is 1.86 bits per heavy atom. The number of piperazine rings is 1. The van der Waals surface area contributed by atoms with E-state index in [2.05, 4.69) is 25.4 Å². The first kappa shape index (κ1) is 34.0. The Labute approximate surface area is 294 Å². The Hall–Kier alpha value is -3.09. The molecular formula is C38H53FN6O5. The normalized spacial score (nSPS) is 38.8. The Morgan fingerprint density at radius 1 is 1.06 bits per heavy atom. The number of fused-ring (bicyclic) bond motifs is 3. The molecule has 3 saturated heterocycles. The zero-order chi connectivity index (χ0) is 34.7. The standard InChI is InChI=1S/C38H53FN6O5/c1-38(2,3)50-37(48)42-25-10-13-43(19-25)33-28(39)17-26-32-35(33)49-31-16-23-8-5-4-7-22(23)15-30(31)45(32)20-27(34(26)46)36(47)44-14-12-41-29(21-44)24-9-6-11-40-18-24/h6,9,11,18,20,22-23,25-26,28-33,35,41H,4-5,7-8,10,12-17,19,21H2,1-3H3,(H,42,48). The van der Waals surface area contributed by atoms with Gasteiger partial charge in [0.2, 0.25) is 0 Å². The van der Waals surface area contributed by atoms with Crippen LogP contribution in [-0.2, 0) is 19.1 Å². The Bertz CT molecular complexity index is 1490. The van der Waals surface area contributed by atoms with Crippen molar-refractivity contribution in [3.63, 3.8) is 0 Å². The van der Waals surface area contributed by atoms with Gasteiger partial charge in [-0.15, -0.1) is 0 Å². The van der Waals surface area contributed by atoms with Gasteiger partial charge in [0.15, 0.2) is 5.78 Å². The van der Waals surface area contributed by atoms with Crippen molar-refractivity contribution in [1.29, 1.82) is 0 Å². The molecule has 50 heavy (non-hydrogen) atoms. The molecule has 0 spiro atoms. The molecule has 11 nitrogen and oxygen atoms in total. The van der Waals surface area contributed by atoms with Crippen molar-refractivity contribution in [2.75, 3.05) is 32.7 Å². The lowest BCUT2D eigenvalue weighted by Gasteiger charge is -2.61. The SMILES string of the molecule is CC(C)(C)OC(=O)NC1CCN(C2C(F)CC3C(=O)C(C(=O)N4CCNC(c5cccnc5)C4)=CN4C5CC6CCCCC6CC5OC2C34)C1. The van der Waals surface area contributed by atoms with Gasteiger partial charge in [0.1, 0.15) is 11.8 Å². The summed E-state index contributed by atoms with van der Waals surface area (Å²) in [4.78, 5) is 51.8. The highest BCUT2D eigenvalue weighted by atomic mass is 19.1. The highest BCUT2D eigenvalue weighted by Crippen LogP contribution is 2.51. The number of halogens is 1. The number of hydrogen-bond donors (Lipinski definition) is 2. The summed E-state index contributed by atoms with van der Waals surface area (Å²) in [6.45, 7) is 8.17. The van der Waals surface area contributed by atoms with E-state index in [9.17, 15) is 14.4 Å². The Kier molecular flexibility index (Phi) is 9.17. The largest absolute Gasteiger partial charge is 0.444 e. The van der Waals surface area contributed by atoms with Crippen LogP contribution in [0.2, 0.25) is 0 Å². The minimum atomic E-state index is -1.31. The van der Waals surface area contributed by atoms with Crippen molar-refractivity contribution in [2.24, 2.45) is 17.8 Å². The molecule has 1 aromatic rings. The van der Waals surface area contributed by atoms with Crippen LogP contribution in [0.1, 0.15) is 83.7 Å². The minimum Gasteiger partial charge on any atom is -0.444 e. The molecule has 0 bridgehead atoms. The molecule has 11 unspecified atom stereocenters. The van der Waals surface area contributed by atoms with E-state index in [-0.39, 0.29) is 54.0 Å². The van der Waals surface area contributed by atoms with Crippen molar-refractivity contribution in [3.05, 3.63) is 41.9 Å². The lowest BCUT2D eigenvalue weighted by atomic mass is 9.64. The van der Waals surface area contributed by atoms with E-state index >= 15 is 4.39 Å². The first-order valence-electron chi connectivity index (χ1n) is 19.0. The number of alkyl halides is 1. The predicted octanol–water partition coefficient (Wildman–Crippen LogP) is 3.75. The second kappa shape index (κ2) is 13.5. The fourth-order valence-corrected chi connectivity index (χ4v) is 10.4. The van der Waals surface area contributed by atoms with Gasteiger partial charge in [0, 0.05) is 63.3 Å². The molecular weight excluding hydrogens is 639 g/mol. The lowest BCUT2D eigenvalue weighted by molar-refractivity contribution is -0.219. The van der Waals surface area contributed by atoms with Crippen molar-refractivity contribution < 1.29 is 28.2 Å². The number of carbonyl (C=O) groups is 3. The fourth-order valence-electron chi connectivity index (χ4n) is 10.4. The first-order valence-corrected chi connectivity index (χ1v) is 19.0. The van der Waals surface area contributed by atoms with E-state index < -0.39 is 35.9 Å². The zero-order valence-electron chi connectivity index (χ0n) is 29.6. The highest BCUT2D eigenvalue weighted by Gasteiger charge is 2.61. The number of nitrogens with one attached hydrogen (secondary N) is 2. The maximum Gasteiger partial charge on any atom is 0.407 e. The minimum absolute atomic E-state index is 0.0529. The third-order valence-electron chi connectivity index (χ3n) is 12.6. The smallest absolute Gasteiger partial charge is 0.407 e. The number of ether oxygens (including phenoxy) is 2. The predicted molar refractivity (Wildman–Crippen MR) is 184 cm³/mol. The van der Waals surface area contributed by atoms with Gasteiger partial charge >= 0.3 is 6.09 Å². The molecule has 5 heterocycles. The number of morpholine rings is 1. The number of rotatable bonds is 4. The molecule has 4 aliphatic heterocycles. The molecule has 272 valence electrons. The van der Waals surface area contributed by atoms with Gasteiger partial charge in [-0.25, -0.2) is 9.18 Å².